The highest BCUT2D eigenvalue weighted by molar-refractivity contribution is 6.32. The molecule has 0 bridgehead atoms. The van der Waals surface area contributed by atoms with Gasteiger partial charge in [0.15, 0.2) is 0 Å². The van der Waals surface area contributed by atoms with Gasteiger partial charge >= 0.3 is 11.9 Å². The number of halogens is 1. The lowest BCUT2D eigenvalue weighted by molar-refractivity contribution is -0.141. The molecule has 2 rings (SSSR count). The fraction of sp³-hybridized carbons (Fsp3) is 0.278. The van der Waals surface area contributed by atoms with E-state index in [0.717, 1.165) is 4.57 Å². The van der Waals surface area contributed by atoms with E-state index in [9.17, 15) is 24.6 Å². The number of esters is 1. The number of rotatable bonds is 6. The number of carbonyl (C=O) groups is 2. The number of aromatic hydroxyl groups is 2. The van der Waals surface area contributed by atoms with Gasteiger partial charge in [-0.2, -0.15) is 0 Å². The molecule has 0 aliphatic rings. The van der Waals surface area contributed by atoms with Crippen molar-refractivity contribution in [3.05, 3.63) is 56.5 Å². The highest BCUT2D eigenvalue weighted by Gasteiger charge is 2.27. The van der Waals surface area contributed by atoms with E-state index in [0.29, 0.717) is 5.56 Å². The van der Waals surface area contributed by atoms with Gasteiger partial charge in [0.2, 0.25) is 0 Å². The topological polar surface area (TPSA) is 126 Å². The molecule has 0 saturated carbocycles. The Morgan fingerprint density at radius 2 is 1.89 bits per heavy atom. The van der Waals surface area contributed by atoms with Crippen molar-refractivity contribution in [1.29, 1.82) is 0 Å². The Kier molecular flexibility index (Phi) is 6.12. The van der Waals surface area contributed by atoms with E-state index in [1.54, 1.807) is 0 Å². The number of hydrogen-bond donors (Lipinski definition) is 3. The number of carboxylic acid groups (broad SMARTS) is 1. The summed E-state index contributed by atoms with van der Waals surface area (Å²) in [4.78, 5) is 35.8. The summed E-state index contributed by atoms with van der Waals surface area (Å²) in [6.07, 6.45) is -0.295. The number of nitrogens with zero attached hydrogens (tertiary/aromatic N) is 1. The molecule has 1 aromatic carbocycles. The molecule has 1 atom stereocenters. The predicted octanol–water partition coefficient (Wildman–Crippen LogP) is 2.00. The fourth-order valence-electron chi connectivity index (χ4n) is 2.80. The van der Waals surface area contributed by atoms with Crippen molar-refractivity contribution in [2.24, 2.45) is 0 Å². The Morgan fingerprint density at radius 3 is 2.44 bits per heavy atom. The lowest BCUT2D eigenvalue weighted by Crippen LogP contribution is -2.30. The normalized spacial score (nSPS) is 11.8. The van der Waals surface area contributed by atoms with Gasteiger partial charge < -0.3 is 24.6 Å². The maximum absolute atomic E-state index is 12.9. The molecule has 0 radical (unpaired) electrons. The molecule has 0 spiro atoms. The summed E-state index contributed by atoms with van der Waals surface area (Å²) < 4.78 is 5.66. The molecular formula is C18H18ClNO7. The molecule has 27 heavy (non-hydrogen) atoms. The van der Waals surface area contributed by atoms with Crippen LogP contribution >= 0.6 is 11.6 Å². The number of aliphatic carboxylic acids is 1. The standard InChI is InChI=1S/C18H18ClNO7/c1-9-5-14(22)17(18(26)20(9)8-15(23)24)11(7-16(25)27-2)10-3-4-13(21)12(19)6-10/h3-6,11,21-22H,7-8H2,1-2H3,(H,23,24)/t11-/m0/s1. The monoisotopic (exact) mass is 395 g/mol. The highest BCUT2D eigenvalue weighted by atomic mass is 35.5. The molecule has 2 aromatic rings. The molecule has 144 valence electrons. The van der Waals surface area contributed by atoms with Crippen LogP contribution in [0.5, 0.6) is 11.5 Å². The molecule has 1 aromatic heterocycles. The number of methoxy groups -OCH3 is 1. The SMILES string of the molecule is COC(=O)C[C@@H](c1ccc(O)c(Cl)c1)c1c(O)cc(C)n(CC(=O)O)c1=O. The maximum atomic E-state index is 12.9. The smallest absolute Gasteiger partial charge is 0.323 e. The van der Waals surface area contributed by atoms with Crippen LogP contribution in [-0.2, 0) is 20.9 Å². The van der Waals surface area contributed by atoms with Crippen LogP contribution in [0.2, 0.25) is 5.02 Å². The van der Waals surface area contributed by atoms with Crippen molar-refractivity contribution < 1.29 is 29.6 Å². The first kappa shape index (κ1) is 20.3. The minimum Gasteiger partial charge on any atom is -0.507 e. The van der Waals surface area contributed by atoms with Gasteiger partial charge in [-0.05, 0) is 30.7 Å². The van der Waals surface area contributed by atoms with E-state index < -0.39 is 30.0 Å². The van der Waals surface area contributed by atoms with E-state index in [-0.39, 0.29) is 34.2 Å². The molecule has 8 nitrogen and oxygen atoms in total. The van der Waals surface area contributed by atoms with Gasteiger partial charge in [-0.3, -0.25) is 14.4 Å². The summed E-state index contributed by atoms with van der Waals surface area (Å²) in [5, 5.41) is 29.0. The van der Waals surface area contributed by atoms with E-state index >= 15 is 0 Å². The first-order chi connectivity index (χ1) is 12.6. The predicted molar refractivity (Wildman–Crippen MR) is 96.3 cm³/mol. The van der Waals surface area contributed by atoms with Crippen LogP contribution in [0.25, 0.3) is 0 Å². The number of aryl methyl sites for hydroxylation is 1. The van der Waals surface area contributed by atoms with E-state index in [4.69, 9.17) is 16.7 Å². The third-order valence-corrected chi connectivity index (χ3v) is 4.44. The molecule has 9 heteroatoms. The van der Waals surface area contributed by atoms with Crippen LogP contribution in [0.1, 0.15) is 29.2 Å². The van der Waals surface area contributed by atoms with Crippen molar-refractivity contribution in [1.82, 2.24) is 4.57 Å². The number of carbonyl (C=O) groups excluding carboxylic acids is 1. The Morgan fingerprint density at radius 1 is 1.22 bits per heavy atom. The van der Waals surface area contributed by atoms with Crippen molar-refractivity contribution >= 4 is 23.5 Å². The van der Waals surface area contributed by atoms with Crippen LogP contribution in [0, 0.1) is 6.92 Å². The Hall–Kier alpha value is -3.00. The first-order valence-electron chi connectivity index (χ1n) is 7.86. The van der Waals surface area contributed by atoms with Crippen LogP contribution in [-0.4, -0.2) is 38.9 Å². The zero-order valence-corrected chi connectivity index (χ0v) is 15.4. The number of pyridine rings is 1. The lowest BCUT2D eigenvalue weighted by Gasteiger charge is -2.20. The molecule has 0 saturated heterocycles. The number of hydrogen-bond acceptors (Lipinski definition) is 6. The van der Waals surface area contributed by atoms with Crippen molar-refractivity contribution in [3.63, 3.8) is 0 Å². The Bertz CT molecular complexity index is 951. The second-order valence-electron chi connectivity index (χ2n) is 5.91. The highest BCUT2D eigenvalue weighted by Crippen LogP contribution is 2.35. The number of ether oxygens (including phenoxy) is 1. The third kappa shape index (κ3) is 4.40. The minimum absolute atomic E-state index is 0.000159. The van der Waals surface area contributed by atoms with Gasteiger partial charge in [0.1, 0.15) is 18.0 Å². The molecule has 0 aliphatic carbocycles. The van der Waals surface area contributed by atoms with Crippen LogP contribution in [0.3, 0.4) is 0 Å². The van der Waals surface area contributed by atoms with Gasteiger partial charge in [-0.1, -0.05) is 17.7 Å². The fourth-order valence-corrected chi connectivity index (χ4v) is 2.99. The number of carboxylic acids is 1. The zero-order valence-electron chi connectivity index (χ0n) is 14.6. The van der Waals surface area contributed by atoms with Crippen LogP contribution < -0.4 is 5.56 Å². The van der Waals surface area contributed by atoms with E-state index in [1.165, 1.54) is 38.3 Å². The molecule has 3 N–H and O–H groups in total. The molecular weight excluding hydrogens is 378 g/mol. The number of phenols is 1. The summed E-state index contributed by atoms with van der Waals surface area (Å²) in [7, 11) is 1.18. The van der Waals surface area contributed by atoms with Crippen LogP contribution in [0.4, 0.5) is 0 Å². The van der Waals surface area contributed by atoms with Gasteiger partial charge in [-0.25, -0.2) is 0 Å². The number of benzene rings is 1. The summed E-state index contributed by atoms with van der Waals surface area (Å²) >= 11 is 5.93. The van der Waals surface area contributed by atoms with Crippen molar-refractivity contribution in [3.8, 4) is 11.5 Å². The first-order valence-corrected chi connectivity index (χ1v) is 8.23. The van der Waals surface area contributed by atoms with Crippen LogP contribution in [0.15, 0.2) is 29.1 Å². The number of aromatic nitrogens is 1. The quantitative estimate of drug-likeness (QED) is 0.638. The molecule has 0 amide bonds. The molecule has 0 fully saturated rings. The zero-order chi connectivity index (χ0) is 20.3. The Labute approximate surface area is 159 Å². The largest absolute Gasteiger partial charge is 0.507 e. The van der Waals surface area contributed by atoms with E-state index in [1.807, 2.05) is 0 Å². The molecule has 0 aliphatic heterocycles. The van der Waals surface area contributed by atoms with Gasteiger partial charge in [0, 0.05) is 11.6 Å². The average Bonchev–Trinajstić information content (AvgIpc) is 2.59. The second-order valence-corrected chi connectivity index (χ2v) is 6.32. The third-order valence-electron chi connectivity index (χ3n) is 4.14. The maximum Gasteiger partial charge on any atom is 0.323 e. The van der Waals surface area contributed by atoms with Gasteiger partial charge in [-0.15, -0.1) is 0 Å². The summed E-state index contributed by atoms with van der Waals surface area (Å²) in [5.41, 5.74) is -0.271. The van der Waals surface area contributed by atoms with Gasteiger partial charge in [0.25, 0.3) is 5.56 Å². The molecule has 1 heterocycles. The second kappa shape index (κ2) is 8.13. The minimum atomic E-state index is -1.23. The lowest BCUT2D eigenvalue weighted by atomic mass is 9.88. The van der Waals surface area contributed by atoms with Crippen molar-refractivity contribution in [2.45, 2.75) is 25.8 Å². The average molecular weight is 396 g/mol. The van der Waals surface area contributed by atoms with Crippen molar-refractivity contribution in [2.75, 3.05) is 7.11 Å². The van der Waals surface area contributed by atoms with E-state index in [2.05, 4.69) is 4.74 Å². The van der Waals surface area contributed by atoms with Gasteiger partial charge in [0.05, 0.1) is 24.1 Å². The Balaban J connectivity index is 2.71. The summed E-state index contributed by atoms with van der Waals surface area (Å²) in [6, 6.07) is 5.37. The molecule has 0 unspecified atom stereocenters. The summed E-state index contributed by atoms with van der Waals surface area (Å²) in [6.45, 7) is 0.889. The summed E-state index contributed by atoms with van der Waals surface area (Å²) in [5.74, 6) is -3.39. The number of phenolic OH excluding ortho intramolecular Hbond substituents is 1.